The standard InChI is InChI=1S/C25H27FN6O4/c1-35-21-12-16-11-19(25(34)27-20(16)13-22(21)36-2)23(31-9-7-18(33)8-10-31)24-28-29-30-32(24)14-15-3-5-17(26)6-4-15/h3-6,11-13,18,23,33H,7-10,14H2,1-2H3,(H,27,34)/p+1/t23-/m0/s1. The largest absolute Gasteiger partial charge is 0.493 e. The summed E-state index contributed by atoms with van der Waals surface area (Å²) in [4.78, 5) is 17.5. The first-order valence-electron chi connectivity index (χ1n) is 11.8. The molecule has 5 rings (SSSR count). The minimum absolute atomic E-state index is 0.255. The van der Waals surface area contributed by atoms with Crippen molar-refractivity contribution < 1.29 is 23.9 Å². The molecule has 36 heavy (non-hydrogen) atoms. The Morgan fingerprint density at radius 3 is 2.53 bits per heavy atom. The van der Waals surface area contributed by atoms with Crippen LogP contribution in [-0.4, -0.2) is 63.7 Å². The SMILES string of the molecule is COc1cc2cc([C@@H](c3nnnn3Cc3ccc(F)cc3)[NH+]3CCC(O)CC3)c(=O)[nH]c2cc1OC. The number of pyridine rings is 1. The number of benzene rings is 2. The predicted octanol–water partition coefficient (Wildman–Crippen LogP) is 0.848. The van der Waals surface area contributed by atoms with Crippen LogP contribution in [0.15, 0.2) is 47.3 Å². The summed E-state index contributed by atoms with van der Waals surface area (Å²) in [7, 11) is 3.10. The van der Waals surface area contributed by atoms with Crippen LogP contribution in [0, 0.1) is 5.82 Å². The van der Waals surface area contributed by atoms with E-state index in [0.29, 0.717) is 60.9 Å². The van der Waals surface area contributed by atoms with Crippen LogP contribution in [0.25, 0.3) is 10.9 Å². The Labute approximate surface area is 206 Å². The third kappa shape index (κ3) is 4.67. The van der Waals surface area contributed by atoms with E-state index in [1.165, 1.54) is 12.1 Å². The first-order chi connectivity index (χ1) is 17.5. The molecule has 1 aliphatic heterocycles. The maximum atomic E-state index is 13.4. The molecule has 0 aliphatic carbocycles. The van der Waals surface area contributed by atoms with E-state index in [2.05, 4.69) is 20.5 Å². The molecule has 0 amide bonds. The first kappa shape index (κ1) is 23.9. The number of methoxy groups -OCH3 is 2. The van der Waals surface area contributed by atoms with Crippen molar-refractivity contribution in [2.45, 2.75) is 31.5 Å². The summed E-state index contributed by atoms with van der Waals surface area (Å²) in [5, 5.41) is 23.3. The molecule has 0 spiro atoms. The van der Waals surface area contributed by atoms with Crippen molar-refractivity contribution in [2.24, 2.45) is 0 Å². The zero-order chi connectivity index (χ0) is 25.2. The van der Waals surface area contributed by atoms with Crippen LogP contribution in [0.2, 0.25) is 0 Å². The Hall–Kier alpha value is -3.83. The van der Waals surface area contributed by atoms with Crippen molar-refractivity contribution >= 4 is 10.9 Å². The highest BCUT2D eigenvalue weighted by molar-refractivity contribution is 5.83. The van der Waals surface area contributed by atoms with Crippen molar-refractivity contribution in [3.8, 4) is 11.5 Å². The fourth-order valence-corrected chi connectivity index (χ4v) is 4.86. The van der Waals surface area contributed by atoms with Gasteiger partial charge in [-0.05, 0) is 40.3 Å². The topological polar surface area (TPSA) is 120 Å². The lowest BCUT2D eigenvalue weighted by molar-refractivity contribution is -0.932. The zero-order valence-electron chi connectivity index (χ0n) is 20.1. The highest BCUT2D eigenvalue weighted by atomic mass is 19.1. The average molecular weight is 496 g/mol. The number of nitrogens with one attached hydrogen (secondary N) is 2. The molecule has 2 aromatic carbocycles. The molecule has 2 aromatic heterocycles. The molecule has 1 atom stereocenters. The van der Waals surface area contributed by atoms with E-state index in [1.807, 2.05) is 12.1 Å². The van der Waals surface area contributed by atoms with Crippen LogP contribution >= 0.6 is 0 Å². The number of H-pyrrole nitrogens is 1. The molecule has 10 nitrogen and oxygen atoms in total. The molecule has 4 aromatic rings. The number of hydrogen-bond donors (Lipinski definition) is 3. The van der Waals surface area contributed by atoms with Crippen LogP contribution in [0.1, 0.15) is 35.8 Å². The number of aromatic amines is 1. The van der Waals surface area contributed by atoms with Crippen molar-refractivity contribution in [3.63, 3.8) is 0 Å². The van der Waals surface area contributed by atoms with Gasteiger partial charge in [-0.2, -0.15) is 0 Å². The molecule has 1 fully saturated rings. The van der Waals surface area contributed by atoms with E-state index in [4.69, 9.17) is 9.47 Å². The van der Waals surface area contributed by atoms with Gasteiger partial charge in [0.1, 0.15) is 5.82 Å². The summed E-state index contributed by atoms with van der Waals surface area (Å²) in [6, 6.07) is 11.1. The second-order valence-electron chi connectivity index (χ2n) is 8.99. The van der Waals surface area contributed by atoms with Gasteiger partial charge in [0.2, 0.25) is 5.82 Å². The monoisotopic (exact) mass is 495 g/mol. The van der Waals surface area contributed by atoms with Crippen LogP contribution in [-0.2, 0) is 6.54 Å². The Bertz CT molecular complexity index is 1410. The first-order valence-corrected chi connectivity index (χ1v) is 11.8. The highest BCUT2D eigenvalue weighted by Crippen LogP contribution is 2.32. The van der Waals surface area contributed by atoms with Crippen LogP contribution in [0.3, 0.4) is 0 Å². The molecule has 0 radical (unpaired) electrons. The molecular formula is C25H28FN6O4+. The lowest BCUT2D eigenvalue weighted by Gasteiger charge is -2.32. The molecule has 1 saturated heterocycles. The summed E-state index contributed by atoms with van der Waals surface area (Å²) in [5.74, 6) is 1.27. The average Bonchev–Trinajstić information content (AvgIpc) is 3.33. The van der Waals surface area contributed by atoms with Crippen molar-refractivity contribution in [1.29, 1.82) is 0 Å². The van der Waals surface area contributed by atoms with Crippen molar-refractivity contribution in [3.05, 3.63) is 75.6 Å². The Balaban J connectivity index is 1.61. The Morgan fingerprint density at radius 1 is 1.14 bits per heavy atom. The highest BCUT2D eigenvalue weighted by Gasteiger charge is 2.36. The number of likely N-dealkylation sites (tertiary alicyclic amines) is 1. The molecule has 1 aliphatic rings. The van der Waals surface area contributed by atoms with Crippen LogP contribution < -0.4 is 19.9 Å². The number of rotatable bonds is 7. The van der Waals surface area contributed by atoms with Crippen LogP contribution in [0.4, 0.5) is 4.39 Å². The smallest absolute Gasteiger partial charge is 0.258 e. The number of nitrogens with zero attached hydrogens (tertiary/aromatic N) is 4. The minimum atomic E-state index is -0.478. The third-order valence-electron chi connectivity index (χ3n) is 6.76. The van der Waals surface area contributed by atoms with Gasteiger partial charge in [0.25, 0.3) is 5.56 Å². The zero-order valence-corrected chi connectivity index (χ0v) is 20.1. The summed E-state index contributed by atoms with van der Waals surface area (Å²) in [6.07, 6.45) is 0.861. The number of aliphatic hydroxyl groups excluding tert-OH is 1. The molecule has 0 bridgehead atoms. The van der Waals surface area contributed by atoms with E-state index >= 15 is 0 Å². The van der Waals surface area contributed by atoms with Gasteiger partial charge in [0, 0.05) is 24.3 Å². The summed E-state index contributed by atoms with van der Waals surface area (Å²) >= 11 is 0. The van der Waals surface area contributed by atoms with Gasteiger partial charge in [0.05, 0.1) is 51.0 Å². The number of halogens is 1. The maximum Gasteiger partial charge on any atom is 0.258 e. The lowest BCUT2D eigenvalue weighted by Crippen LogP contribution is -3.14. The summed E-state index contributed by atoms with van der Waals surface area (Å²) in [6.45, 7) is 1.63. The minimum Gasteiger partial charge on any atom is -0.493 e. The van der Waals surface area contributed by atoms with Gasteiger partial charge in [-0.1, -0.05) is 12.1 Å². The van der Waals surface area contributed by atoms with E-state index < -0.39 is 6.04 Å². The van der Waals surface area contributed by atoms with Crippen molar-refractivity contribution in [1.82, 2.24) is 25.2 Å². The van der Waals surface area contributed by atoms with Crippen LogP contribution in [0.5, 0.6) is 11.5 Å². The lowest BCUT2D eigenvalue weighted by atomic mass is 9.99. The molecule has 11 heteroatoms. The van der Waals surface area contributed by atoms with E-state index in [9.17, 15) is 14.3 Å². The summed E-state index contributed by atoms with van der Waals surface area (Å²) < 4.78 is 25.9. The van der Waals surface area contributed by atoms with Gasteiger partial charge in [-0.15, -0.1) is 5.10 Å². The van der Waals surface area contributed by atoms with Gasteiger partial charge >= 0.3 is 0 Å². The number of fused-ring (bicyclic) bond motifs is 1. The number of piperidine rings is 1. The number of hydrogen-bond acceptors (Lipinski definition) is 7. The summed E-state index contributed by atoms with van der Waals surface area (Å²) in [5.41, 5.74) is 1.71. The molecule has 3 N–H and O–H groups in total. The van der Waals surface area contributed by atoms with E-state index in [0.717, 1.165) is 15.8 Å². The molecule has 0 saturated carbocycles. The molecule has 188 valence electrons. The Kier molecular flexibility index (Phi) is 6.66. The Morgan fingerprint density at radius 2 is 1.83 bits per heavy atom. The normalized spacial score (nSPS) is 18.8. The second-order valence-corrected chi connectivity index (χ2v) is 8.99. The van der Waals surface area contributed by atoms with E-state index in [-0.39, 0.29) is 17.5 Å². The van der Waals surface area contributed by atoms with Gasteiger partial charge in [-0.3, -0.25) is 4.79 Å². The number of aromatic nitrogens is 5. The quantitative estimate of drug-likeness (QED) is 0.348. The third-order valence-corrected chi connectivity index (χ3v) is 6.76. The fraction of sp³-hybridized carbons (Fsp3) is 0.360. The maximum absolute atomic E-state index is 13.4. The molecule has 3 heterocycles. The second kappa shape index (κ2) is 10.0. The number of ether oxygens (including phenoxy) is 2. The predicted molar refractivity (Wildman–Crippen MR) is 129 cm³/mol. The van der Waals surface area contributed by atoms with Gasteiger partial charge < -0.3 is 24.5 Å². The molecular weight excluding hydrogens is 467 g/mol. The molecule has 0 unspecified atom stereocenters. The van der Waals surface area contributed by atoms with E-state index in [1.54, 1.807) is 37.1 Å². The van der Waals surface area contributed by atoms with Crippen molar-refractivity contribution in [2.75, 3.05) is 27.3 Å². The number of quaternary nitrogens is 1. The fourth-order valence-electron chi connectivity index (χ4n) is 4.86. The van der Waals surface area contributed by atoms with Gasteiger partial charge in [0.15, 0.2) is 17.5 Å². The van der Waals surface area contributed by atoms with Gasteiger partial charge in [-0.25, -0.2) is 9.07 Å². The number of aliphatic hydroxyl groups is 1. The number of tetrazole rings is 1.